The predicted octanol–water partition coefficient (Wildman–Crippen LogP) is -4.56. The minimum Gasteiger partial charge on any atom is -0.628 e. The molecule has 0 aliphatic heterocycles. The molecule has 0 aliphatic rings. The summed E-state index contributed by atoms with van der Waals surface area (Å²) in [5.41, 5.74) is 0. The van der Waals surface area contributed by atoms with Crippen molar-refractivity contribution in [3.8, 4) is 0 Å². The summed E-state index contributed by atoms with van der Waals surface area (Å²) in [6.07, 6.45) is -1.24. The molecule has 0 aliphatic carbocycles. The molecule has 0 atom stereocenters. The average Bonchev–Trinajstić information content (AvgIpc) is 1.79. The van der Waals surface area contributed by atoms with Crippen LogP contribution in [-0.2, 0) is 14.9 Å². The molecular weight excluding hydrogens is 215 g/mol. The number of carboxylic acid groups (broad SMARTS) is 1. The van der Waals surface area contributed by atoms with E-state index in [1.807, 2.05) is 0 Å². The Morgan fingerprint density at radius 1 is 1.31 bits per heavy atom. The van der Waals surface area contributed by atoms with Crippen LogP contribution >= 0.6 is 0 Å². The van der Waals surface area contributed by atoms with Gasteiger partial charge in [-0.15, -0.1) is 0 Å². The van der Waals surface area contributed by atoms with E-state index in [-0.39, 0.29) is 29.6 Å². The Balaban J connectivity index is 0. The molecule has 0 amide bonds. The van der Waals surface area contributed by atoms with Gasteiger partial charge in [-0.3, -0.25) is 9.35 Å². The fourth-order valence-corrected chi connectivity index (χ4v) is 0.941. The van der Waals surface area contributed by atoms with E-state index in [1.165, 1.54) is 0 Å². The second-order valence-corrected chi connectivity index (χ2v) is 3.22. The molecule has 0 bridgehead atoms. The predicted molar refractivity (Wildman–Crippen MR) is 33.5 cm³/mol. The van der Waals surface area contributed by atoms with Crippen molar-refractivity contribution >= 4 is 16.1 Å². The van der Waals surface area contributed by atoms with Gasteiger partial charge in [0, 0.05) is 0 Å². The van der Waals surface area contributed by atoms with E-state index in [4.69, 9.17) is 14.8 Å². The van der Waals surface area contributed by atoms with E-state index in [1.54, 1.807) is 0 Å². The van der Waals surface area contributed by atoms with Crippen molar-refractivity contribution in [1.29, 1.82) is 0 Å². The maximum absolute atomic E-state index is 10.2. The molecule has 0 rings (SSSR count). The molecule has 0 saturated carbocycles. The van der Waals surface area contributed by atoms with Crippen LogP contribution < -0.4 is 34.7 Å². The van der Waals surface area contributed by atoms with Gasteiger partial charge >= 0.3 is 35.5 Å². The zero-order valence-corrected chi connectivity index (χ0v) is 9.41. The average molecular weight is 220 g/mol. The van der Waals surface area contributed by atoms with E-state index in [2.05, 4.69) is 0 Å². The molecule has 0 aromatic rings. The molecule has 0 fully saturated rings. The molecule has 0 spiro atoms. The van der Waals surface area contributed by atoms with E-state index in [9.17, 15) is 18.3 Å². The summed E-state index contributed by atoms with van der Waals surface area (Å²) < 4.78 is 28.6. The van der Waals surface area contributed by atoms with Gasteiger partial charge in [0.05, 0.1) is 12.4 Å². The third kappa shape index (κ3) is 5.88. The summed E-state index contributed by atoms with van der Waals surface area (Å²) >= 11 is 0. The molecular formula is C4H5NaO7S. The fraction of sp³-hybridized carbons (Fsp3) is 0.250. The Morgan fingerprint density at radius 2 is 1.69 bits per heavy atom. The van der Waals surface area contributed by atoms with Gasteiger partial charge in [-0.05, 0) is 0 Å². The van der Waals surface area contributed by atoms with Crippen LogP contribution in [0.1, 0.15) is 6.42 Å². The Labute approximate surface area is 95.7 Å². The van der Waals surface area contributed by atoms with Crippen molar-refractivity contribution < 1.29 is 62.6 Å². The largest absolute Gasteiger partial charge is 1.00 e. The SMILES string of the molecule is O=C(O)CC(=C([O-])O)S(=O)(=O)O.[Na+]. The van der Waals surface area contributed by atoms with Gasteiger partial charge in [0.15, 0.2) is 0 Å². The smallest absolute Gasteiger partial charge is 0.628 e. The van der Waals surface area contributed by atoms with Crippen molar-refractivity contribution in [3.63, 3.8) is 0 Å². The first-order valence-electron chi connectivity index (χ1n) is 2.53. The summed E-state index contributed by atoms with van der Waals surface area (Å²) in [4.78, 5) is 8.45. The van der Waals surface area contributed by atoms with Gasteiger partial charge in [0.1, 0.15) is 4.91 Å². The number of hydrogen-bond donors (Lipinski definition) is 3. The van der Waals surface area contributed by atoms with Gasteiger partial charge in [0.25, 0.3) is 10.1 Å². The molecule has 0 aromatic carbocycles. The van der Waals surface area contributed by atoms with Gasteiger partial charge in [0.2, 0.25) is 0 Å². The first kappa shape index (κ1) is 15.2. The summed E-state index contributed by atoms with van der Waals surface area (Å²) in [6.45, 7) is 0. The van der Waals surface area contributed by atoms with Crippen molar-refractivity contribution in [2.75, 3.05) is 0 Å². The third-order valence-electron chi connectivity index (χ3n) is 0.862. The number of aliphatic hydroxyl groups excluding tert-OH is 1. The topological polar surface area (TPSA) is 135 Å². The normalized spacial score (nSPS) is 12.7. The molecule has 0 radical (unpaired) electrons. The van der Waals surface area contributed by atoms with Crippen molar-refractivity contribution in [2.45, 2.75) is 6.42 Å². The van der Waals surface area contributed by atoms with Crippen molar-refractivity contribution in [3.05, 3.63) is 10.9 Å². The van der Waals surface area contributed by atoms with Crippen LogP contribution in [0.5, 0.6) is 0 Å². The number of aliphatic carboxylic acids is 1. The molecule has 0 aromatic heterocycles. The molecule has 7 nitrogen and oxygen atoms in total. The van der Waals surface area contributed by atoms with Gasteiger partial charge < -0.3 is 15.3 Å². The van der Waals surface area contributed by atoms with E-state index in [0.29, 0.717) is 0 Å². The summed E-state index contributed by atoms with van der Waals surface area (Å²) in [5, 5.41) is 26.2. The number of rotatable bonds is 3. The number of aliphatic hydroxyl groups is 1. The van der Waals surface area contributed by atoms with Crippen LogP contribution in [-0.4, -0.2) is 29.2 Å². The Hall–Kier alpha value is -0.280. The zero-order chi connectivity index (χ0) is 9.94. The van der Waals surface area contributed by atoms with Gasteiger partial charge in [-0.25, -0.2) is 0 Å². The zero-order valence-electron chi connectivity index (χ0n) is 6.59. The van der Waals surface area contributed by atoms with Crippen molar-refractivity contribution in [2.24, 2.45) is 0 Å². The number of carboxylic acids is 1. The summed E-state index contributed by atoms with van der Waals surface area (Å²) in [7, 11) is -4.92. The first-order valence-corrected chi connectivity index (χ1v) is 3.97. The minimum absolute atomic E-state index is 0. The third-order valence-corrected chi connectivity index (χ3v) is 1.80. The monoisotopic (exact) mass is 220 g/mol. The Kier molecular flexibility index (Phi) is 6.37. The minimum atomic E-state index is -4.92. The van der Waals surface area contributed by atoms with E-state index in [0.717, 1.165) is 0 Å². The molecule has 0 heterocycles. The molecule has 3 N–H and O–H groups in total. The molecule has 9 heteroatoms. The van der Waals surface area contributed by atoms with Gasteiger partial charge in [-0.2, -0.15) is 8.42 Å². The number of hydrogen-bond acceptors (Lipinski definition) is 5. The van der Waals surface area contributed by atoms with Crippen LogP contribution in [0, 0.1) is 0 Å². The Bertz CT molecular complexity index is 311. The number of carbonyl (C=O) groups is 1. The van der Waals surface area contributed by atoms with Crippen LogP contribution in [0.3, 0.4) is 0 Å². The molecule has 0 unspecified atom stereocenters. The van der Waals surface area contributed by atoms with Gasteiger partial charge in [-0.1, -0.05) is 0 Å². The van der Waals surface area contributed by atoms with Crippen LogP contribution in [0.25, 0.3) is 0 Å². The molecule has 70 valence electrons. The van der Waals surface area contributed by atoms with E-state index < -0.39 is 33.4 Å². The second kappa shape index (κ2) is 5.45. The second-order valence-electron chi connectivity index (χ2n) is 1.77. The summed E-state index contributed by atoms with van der Waals surface area (Å²) in [5.74, 6) is -3.62. The van der Waals surface area contributed by atoms with Crippen LogP contribution in [0.2, 0.25) is 0 Å². The fourth-order valence-electron chi connectivity index (χ4n) is 0.414. The molecule has 0 saturated heterocycles. The van der Waals surface area contributed by atoms with Crippen LogP contribution in [0.15, 0.2) is 10.9 Å². The Morgan fingerprint density at radius 3 is 1.77 bits per heavy atom. The quantitative estimate of drug-likeness (QED) is 0.247. The maximum atomic E-state index is 10.2. The van der Waals surface area contributed by atoms with Crippen LogP contribution in [0.4, 0.5) is 0 Å². The van der Waals surface area contributed by atoms with E-state index >= 15 is 0 Å². The maximum Gasteiger partial charge on any atom is 1.00 e. The first-order chi connectivity index (χ1) is 5.25. The molecule has 13 heavy (non-hydrogen) atoms. The standard InChI is InChI=1S/C4H6O7S.Na/c5-3(6)1-2(4(7)8)12(9,10)11;/h7-8H,1H2,(H,5,6)(H,9,10,11);/q;+1/p-1. The summed E-state index contributed by atoms with van der Waals surface area (Å²) in [6, 6.07) is 0. The van der Waals surface area contributed by atoms with Crippen molar-refractivity contribution in [1.82, 2.24) is 0 Å².